The molecule has 1 aromatic carbocycles. The molecular weight excluding hydrogens is 359 g/mol. The Morgan fingerprint density at radius 1 is 1.25 bits per heavy atom. The topological polar surface area (TPSA) is 71.1 Å². The highest BCUT2D eigenvalue weighted by atomic mass is 19.1. The molecule has 1 unspecified atom stereocenters. The van der Waals surface area contributed by atoms with Crippen LogP contribution in [0.25, 0.3) is 11.4 Å². The van der Waals surface area contributed by atoms with Crippen LogP contribution in [-0.2, 0) is 6.54 Å². The second-order valence-electron chi connectivity index (χ2n) is 6.93. The summed E-state index contributed by atoms with van der Waals surface area (Å²) in [5, 5.41) is 0. The molecule has 3 heterocycles. The van der Waals surface area contributed by atoms with Crippen molar-refractivity contribution in [3.63, 3.8) is 0 Å². The maximum atomic E-state index is 14.1. The summed E-state index contributed by atoms with van der Waals surface area (Å²) in [6, 6.07) is 9.97. The summed E-state index contributed by atoms with van der Waals surface area (Å²) >= 11 is 0. The number of halogens is 1. The average molecular weight is 380 g/mol. The van der Waals surface area contributed by atoms with E-state index in [9.17, 15) is 9.18 Å². The van der Waals surface area contributed by atoms with Crippen LogP contribution >= 0.6 is 0 Å². The van der Waals surface area contributed by atoms with Crippen LogP contribution in [0.5, 0.6) is 5.75 Å². The summed E-state index contributed by atoms with van der Waals surface area (Å²) < 4.78 is 19.3. The van der Waals surface area contributed by atoms with Crippen molar-refractivity contribution >= 4 is 0 Å². The maximum absolute atomic E-state index is 14.1. The van der Waals surface area contributed by atoms with Gasteiger partial charge < -0.3 is 9.72 Å². The van der Waals surface area contributed by atoms with Gasteiger partial charge in [-0.3, -0.25) is 14.7 Å². The van der Waals surface area contributed by atoms with Gasteiger partial charge in [-0.2, -0.15) is 0 Å². The van der Waals surface area contributed by atoms with Gasteiger partial charge >= 0.3 is 0 Å². The first-order valence-electron chi connectivity index (χ1n) is 9.19. The Morgan fingerprint density at radius 2 is 2.07 bits per heavy atom. The molecule has 7 heteroatoms. The molecule has 0 bridgehead atoms. The zero-order chi connectivity index (χ0) is 19.5. The highest BCUT2D eigenvalue weighted by molar-refractivity contribution is 5.53. The fourth-order valence-corrected chi connectivity index (χ4v) is 3.59. The van der Waals surface area contributed by atoms with Gasteiger partial charge in [-0.1, -0.05) is 0 Å². The van der Waals surface area contributed by atoms with Crippen molar-refractivity contribution in [1.29, 1.82) is 0 Å². The lowest BCUT2D eigenvalue weighted by Gasteiger charge is -2.17. The van der Waals surface area contributed by atoms with Crippen molar-refractivity contribution in [2.45, 2.75) is 18.9 Å². The Morgan fingerprint density at radius 3 is 2.86 bits per heavy atom. The van der Waals surface area contributed by atoms with Gasteiger partial charge in [-0.25, -0.2) is 9.37 Å². The van der Waals surface area contributed by atoms with Crippen molar-refractivity contribution in [2.75, 3.05) is 20.2 Å². The van der Waals surface area contributed by atoms with Crippen LogP contribution in [0.15, 0.2) is 53.6 Å². The van der Waals surface area contributed by atoms with Gasteiger partial charge in [0.15, 0.2) is 0 Å². The van der Waals surface area contributed by atoms with Gasteiger partial charge in [-0.05, 0) is 43.3 Å². The average Bonchev–Trinajstić information content (AvgIpc) is 3.18. The molecule has 1 atom stereocenters. The van der Waals surface area contributed by atoms with Crippen LogP contribution in [0.2, 0.25) is 0 Å². The molecule has 0 amide bonds. The Balaban J connectivity index is 1.52. The molecule has 0 aliphatic carbocycles. The number of H-pyrrole nitrogens is 1. The van der Waals surface area contributed by atoms with Crippen LogP contribution in [0.1, 0.15) is 23.6 Å². The Kier molecular flexibility index (Phi) is 5.16. The predicted octanol–water partition coefficient (Wildman–Crippen LogP) is 2.97. The lowest BCUT2D eigenvalue weighted by atomic mass is 10.0. The number of benzene rings is 1. The van der Waals surface area contributed by atoms with E-state index in [2.05, 4.69) is 19.9 Å². The van der Waals surface area contributed by atoms with Gasteiger partial charge in [0.25, 0.3) is 5.56 Å². The highest BCUT2D eigenvalue weighted by Gasteiger charge is 2.26. The molecule has 4 rings (SSSR count). The predicted molar refractivity (Wildman–Crippen MR) is 104 cm³/mol. The van der Waals surface area contributed by atoms with Crippen molar-refractivity contribution in [3.8, 4) is 17.1 Å². The van der Waals surface area contributed by atoms with Gasteiger partial charge in [0.1, 0.15) is 17.4 Å². The molecule has 1 saturated heterocycles. The van der Waals surface area contributed by atoms with Gasteiger partial charge in [0.2, 0.25) is 0 Å². The number of ether oxygens (including phenoxy) is 1. The van der Waals surface area contributed by atoms with Crippen molar-refractivity contribution in [2.24, 2.45) is 0 Å². The van der Waals surface area contributed by atoms with Crippen LogP contribution in [0.4, 0.5) is 4.39 Å². The van der Waals surface area contributed by atoms with E-state index in [0.29, 0.717) is 23.7 Å². The Hall–Kier alpha value is -3.06. The second kappa shape index (κ2) is 7.90. The molecule has 3 aromatic rings. The standard InChI is InChI=1S/C21H21FN4O2/c1-28-17-2-3-18(22)16(10-17)13-26-9-6-15(12-26)19-11-20(27)25-21(24-19)14-4-7-23-8-5-14/h2-5,7-8,10-11,15H,6,9,12-13H2,1H3,(H,24,25,27). The fourth-order valence-electron chi connectivity index (χ4n) is 3.59. The molecule has 1 aliphatic rings. The molecular formula is C21H21FN4O2. The number of hydrogen-bond acceptors (Lipinski definition) is 5. The highest BCUT2D eigenvalue weighted by Crippen LogP contribution is 2.28. The molecule has 0 spiro atoms. The summed E-state index contributed by atoms with van der Waals surface area (Å²) in [7, 11) is 1.57. The fraction of sp³-hybridized carbons (Fsp3) is 0.286. The van der Waals surface area contributed by atoms with E-state index >= 15 is 0 Å². The third kappa shape index (κ3) is 3.94. The maximum Gasteiger partial charge on any atom is 0.251 e. The zero-order valence-electron chi connectivity index (χ0n) is 15.6. The first kappa shape index (κ1) is 18.3. The number of rotatable bonds is 5. The molecule has 0 radical (unpaired) electrons. The third-order valence-electron chi connectivity index (χ3n) is 5.05. The largest absolute Gasteiger partial charge is 0.497 e. The number of hydrogen-bond donors (Lipinski definition) is 1. The van der Waals surface area contributed by atoms with E-state index < -0.39 is 0 Å². The van der Waals surface area contributed by atoms with Gasteiger partial charge in [0, 0.05) is 48.6 Å². The smallest absolute Gasteiger partial charge is 0.251 e. The van der Waals surface area contributed by atoms with Crippen molar-refractivity contribution in [3.05, 3.63) is 76.2 Å². The number of likely N-dealkylation sites (tertiary alicyclic amines) is 1. The van der Waals surface area contributed by atoms with Gasteiger partial charge in [-0.15, -0.1) is 0 Å². The van der Waals surface area contributed by atoms with E-state index in [4.69, 9.17) is 4.74 Å². The second-order valence-corrected chi connectivity index (χ2v) is 6.93. The summed E-state index contributed by atoms with van der Waals surface area (Å²) in [6.45, 7) is 2.04. The number of nitrogens with one attached hydrogen (secondary N) is 1. The zero-order valence-corrected chi connectivity index (χ0v) is 15.6. The molecule has 1 fully saturated rings. The number of aromatic nitrogens is 3. The van der Waals surface area contributed by atoms with Crippen LogP contribution in [0, 0.1) is 5.82 Å². The molecule has 1 aliphatic heterocycles. The Bertz CT molecular complexity index is 1020. The molecule has 28 heavy (non-hydrogen) atoms. The SMILES string of the molecule is COc1ccc(F)c(CN2CCC(c3cc(=O)[nH]c(-c4ccncc4)n3)C2)c1. The first-order chi connectivity index (χ1) is 13.6. The monoisotopic (exact) mass is 380 g/mol. The van der Waals surface area contributed by atoms with Crippen molar-refractivity contribution in [1.82, 2.24) is 19.9 Å². The van der Waals surface area contributed by atoms with E-state index in [0.717, 1.165) is 30.8 Å². The van der Waals surface area contributed by atoms with E-state index in [1.54, 1.807) is 37.7 Å². The van der Waals surface area contributed by atoms with Crippen LogP contribution < -0.4 is 10.3 Å². The summed E-state index contributed by atoms with van der Waals surface area (Å²) in [5.41, 5.74) is 2.02. The Labute approximate surface area is 162 Å². The number of aromatic amines is 1. The van der Waals surface area contributed by atoms with E-state index in [1.807, 2.05) is 12.1 Å². The molecule has 144 valence electrons. The van der Waals surface area contributed by atoms with Crippen molar-refractivity contribution < 1.29 is 9.13 Å². The lowest BCUT2D eigenvalue weighted by Crippen LogP contribution is -2.21. The quantitative estimate of drug-likeness (QED) is 0.737. The molecule has 0 saturated carbocycles. The minimum absolute atomic E-state index is 0.136. The first-order valence-corrected chi connectivity index (χ1v) is 9.19. The minimum atomic E-state index is -0.237. The normalized spacial score (nSPS) is 17.0. The number of nitrogens with zero attached hydrogens (tertiary/aromatic N) is 3. The third-order valence-corrected chi connectivity index (χ3v) is 5.05. The van der Waals surface area contributed by atoms with Gasteiger partial charge in [0.05, 0.1) is 12.8 Å². The molecule has 1 N–H and O–H groups in total. The van der Waals surface area contributed by atoms with E-state index in [-0.39, 0.29) is 17.3 Å². The summed E-state index contributed by atoms with van der Waals surface area (Å²) in [4.78, 5) is 25.8. The number of methoxy groups -OCH3 is 1. The molecule has 2 aromatic heterocycles. The minimum Gasteiger partial charge on any atom is -0.497 e. The summed E-state index contributed by atoms with van der Waals surface area (Å²) in [5.74, 6) is 1.09. The summed E-state index contributed by atoms with van der Waals surface area (Å²) in [6.07, 6.45) is 4.21. The lowest BCUT2D eigenvalue weighted by molar-refractivity contribution is 0.319. The number of pyridine rings is 1. The van der Waals surface area contributed by atoms with E-state index in [1.165, 1.54) is 6.07 Å². The molecule has 6 nitrogen and oxygen atoms in total. The van der Waals surface area contributed by atoms with Crippen LogP contribution in [0.3, 0.4) is 0 Å². The van der Waals surface area contributed by atoms with Crippen LogP contribution in [-0.4, -0.2) is 40.1 Å².